The highest BCUT2D eigenvalue weighted by Gasteiger charge is 2.27. The van der Waals surface area contributed by atoms with Crippen molar-refractivity contribution in [3.05, 3.63) is 64.7 Å². The number of carboxylic acids is 1. The minimum atomic E-state index is -0.927. The maximum Gasteiger partial charge on any atom is 0.335 e. The van der Waals surface area contributed by atoms with E-state index in [2.05, 4.69) is 0 Å². The number of rotatable bonds is 5. The molecule has 3 aromatic rings. The van der Waals surface area contributed by atoms with Crippen LogP contribution in [0.3, 0.4) is 0 Å². The Morgan fingerprint density at radius 1 is 1.21 bits per heavy atom. The number of carboxylic acid groups (broad SMARTS) is 1. The SMILES string of the molecule is CCc1cc(N=C(c2oc3ccc(F)cc3c2C)C2CCCC2)ccc1C(=O)O. The fourth-order valence-electron chi connectivity index (χ4n) is 4.25. The third-order valence-corrected chi connectivity index (χ3v) is 5.82. The molecule has 1 aromatic heterocycles. The Labute approximate surface area is 169 Å². The van der Waals surface area contributed by atoms with Gasteiger partial charge in [-0.1, -0.05) is 19.8 Å². The molecule has 0 aliphatic heterocycles. The summed E-state index contributed by atoms with van der Waals surface area (Å²) in [6.07, 6.45) is 4.99. The van der Waals surface area contributed by atoms with Crippen molar-refractivity contribution in [1.82, 2.24) is 0 Å². The highest BCUT2D eigenvalue weighted by atomic mass is 19.1. The number of hydrogen-bond acceptors (Lipinski definition) is 3. The molecule has 0 atom stereocenters. The van der Waals surface area contributed by atoms with Crippen molar-refractivity contribution in [2.75, 3.05) is 0 Å². The van der Waals surface area contributed by atoms with Crippen LogP contribution in [-0.4, -0.2) is 16.8 Å². The quantitative estimate of drug-likeness (QED) is 0.507. The summed E-state index contributed by atoms with van der Waals surface area (Å²) in [6.45, 7) is 3.88. The van der Waals surface area contributed by atoms with Crippen LogP contribution in [0.4, 0.5) is 10.1 Å². The molecule has 0 amide bonds. The molecular formula is C24H24FNO3. The zero-order chi connectivity index (χ0) is 20.5. The number of halogens is 1. The summed E-state index contributed by atoms with van der Waals surface area (Å²) in [5.41, 5.74) is 4.21. The van der Waals surface area contributed by atoms with E-state index in [0.717, 1.165) is 53.6 Å². The van der Waals surface area contributed by atoms with Gasteiger partial charge in [0.2, 0.25) is 0 Å². The van der Waals surface area contributed by atoms with Gasteiger partial charge in [0, 0.05) is 16.9 Å². The zero-order valence-corrected chi connectivity index (χ0v) is 16.7. The normalized spacial score (nSPS) is 15.3. The molecule has 5 heteroatoms. The maximum absolute atomic E-state index is 13.7. The molecule has 0 unspecified atom stereocenters. The maximum atomic E-state index is 13.7. The smallest absolute Gasteiger partial charge is 0.335 e. The lowest BCUT2D eigenvalue weighted by molar-refractivity contribution is 0.0696. The highest BCUT2D eigenvalue weighted by Crippen LogP contribution is 2.35. The highest BCUT2D eigenvalue weighted by molar-refractivity contribution is 6.06. The molecule has 1 saturated carbocycles. The van der Waals surface area contributed by atoms with Gasteiger partial charge in [-0.3, -0.25) is 0 Å². The number of aryl methyl sites for hydroxylation is 2. The lowest BCUT2D eigenvalue weighted by Crippen LogP contribution is -2.13. The Balaban J connectivity index is 1.85. The summed E-state index contributed by atoms with van der Waals surface area (Å²) in [7, 11) is 0. The van der Waals surface area contributed by atoms with Crippen molar-refractivity contribution in [2.45, 2.75) is 46.0 Å². The Morgan fingerprint density at radius 2 is 1.97 bits per heavy atom. The van der Waals surface area contributed by atoms with E-state index in [1.807, 2.05) is 19.9 Å². The number of aromatic carboxylic acids is 1. The van der Waals surface area contributed by atoms with Crippen LogP contribution in [0, 0.1) is 18.7 Å². The average molecular weight is 393 g/mol. The topological polar surface area (TPSA) is 62.8 Å². The van der Waals surface area contributed by atoms with E-state index in [0.29, 0.717) is 23.3 Å². The summed E-state index contributed by atoms with van der Waals surface area (Å²) in [4.78, 5) is 16.4. The second-order valence-corrected chi connectivity index (χ2v) is 7.68. The van der Waals surface area contributed by atoms with Gasteiger partial charge in [-0.05, 0) is 68.1 Å². The third-order valence-electron chi connectivity index (χ3n) is 5.82. The Kier molecular flexibility index (Phi) is 5.22. The average Bonchev–Trinajstić information content (AvgIpc) is 3.35. The summed E-state index contributed by atoms with van der Waals surface area (Å²) < 4.78 is 19.9. The summed E-state index contributed by atoms with van der Waals surface area (Å²) in [5, 5.41) is 10.1. The largest absolute Gasteiger partial charge is 0.478 e. The molecule has 1 N–H and O–H groups in total. The standard InChI is InChI=1S/C24H24FNO3/c1-3-15-12-18(9-10-19(15)24(27)28)26-22(16-6-4-5-7-16)23-14(2)20-13-17(25)8-11-21(20)29-23/h8-13,16H,3-7H2,1-2H3,(H,27,28). The van der Waals surface area contributed by atoms with Crippen LogP contribution in [0.2, 0.25) is 0 Å². The van der Waals surface area contributed by atoms with E-state index in [-0.39, 0.29) is 11.7 Å². The summed E-state index contributed by atoms with van der Waals surface area (Å²) in [5.74, 6) is -0.228. The second-order valence-electron chi connectivity index (χ2n) is 7.68. The van der Waals surface area contributed by atoms with Crippen molar-refractivity contribution >= 4 is 28.3 Å². The summed E-state index contributed by atoms with van der Waals surface area (Å²) in [6, 6.07) is 9.77. The van der Waals surface area contributed by atoms with Gasteiger partial charge in [-0.25, -0.2) is 14.2 Å². The zero-order valence-electron chi connectivity index (χ0n) is 16.7. The number of aliphatic imine (C=N–C) groups is 1. The molecule has 0 spiro atoms. The first-order valence-electron chi connectivity index (χ1n) is 10.1. The van der Waals surface area contributed by atoms with Gasteiger partial charge in [0.25, 0.3) is 0 Å². The first-order chi connectivity index (χ1) is 14.0. The monoisotopic (exact) mass is 393 g/mol. The van der Waals surface area contributed by atoms with Crippen molar-refractivity contribution < 1.29 is 18.7 Å². The molecule has 0 saturated heterocycles. The summed E-state index contributed by atoms with van der Waals surface area (Å²) >= 11 is 0. The van der Waals surface area contributed by atoms with Gasteiger partial charge in [-0.15, -0.1) is 0 Å². The molecule has 4 nitrogen and oxygen atoms in total. The Morgan fingerprint density at radius 3 is 2.66 bits per heavy atom. The number of furan rings is 1. The second kappa shape index (κ2) is 7.82. The van der Waals surface area contributed by atoms with Crippen molar-refractivity contribution in [1.29, 1.82) is 0 Å². The first-order valence-corrected chi connectivity index (χ1v) is 10.1. The van der Waals surface area contributed by atoms with Crippen LogP contribution in [0.1, 0.15) is 59.9 Å². The number of benzene rings is 2. The van der Waals surface area contributed by atoms with E-state index in [4.69, 9.17) is 9.41 Å². The fourth-order valence-corrected chi connectivity index (χ4v) is 4.25. The van der Waals surface area contributed by atoms with E-state index < -0.39 is 5.97 Å². The first kappa shape index (κ1) is 19.4. The molecule has 1 fully saturated rings. The lowest BCUT2D eigenvalue weighted by Gasteiger charge is -2.13. The minimum Gasteiger partial charge on any atom is -0.478 e. The molecule has 0 radical (unpaired) electrons. The minimum absolute atomic E-state index is 0.281. The van der Waals surface area contributed by atoms with Crippen LogP contribution >= 0.6 is 0 Å². The lowest BCUT2D eigenvalue weighted by atomic mass is 9.96. The van der Waals surface area contributed by atoms with Crippen LogP contribution in [0.25, 0.3) is 11.0 Å². The van der Waals surface area contributed by atoms with Crippen LogP contribution < -0.4 is 0 Å². The van der Waals surface area contributed by atoms with Crippen molar-refractivity contribution in [3.8, 4) is 0 Å². The predicted octanol–water partition coefficient (Wildman–Crippen LogP) is 6.45. The van der Waals surface area contributed by atoms with Crippen LogP contribution in [0.15, 0.2) is 45.8 Å². The number of nitrogens with zero attached hydrogens (tertiary/aromatic N) is 1. The molecule has 1 heterocycles. The fraction of sp³-hybridized carbons (Fsp3) is 0.333. The van der Waals surface area contributed by atoms with Gasteiger partial charge in [0.05, 0.1) is 17.0 Å². The van der Waals surface area contributed by atoms with E-state index in [9.17, 15) is 14.3 Å². The van der Waals surface area contributed by atoms with E-state index in [1.54, 1.807) is 18.2 Å². The molecule has 1 aliphatic carbocycles. The molecule has 4 rings (SSSR count). The van der Waals surface area contributed by atoms with Gasteiger partial charge in [0.15, 0.2) is 5.76 Å². The van der Waals surface area contributed by atoms with Crippen molar-refractivity contribution in [3.63, 3.8) is 0 Å². The molecular weight excluding hydrogens is 369 g/mol. The predicted molar refractivity (Wildman–Crippen MR) is 112 cm³/mol. The van der Waals surface area contributed by atoms with Crippen LogP contribution in [-0.2, 0) is 6.42 Å². The Bertz CT molecular complexity index is 1110. The number of fused-ring (bicyclic) bond motifs is 1. The van der Waals surface area contributed by atoms with E-state index in [1.165, 1.54) is 12.1 Å². The van der Waals surface area contributed by atoms with Gasteiger partial charge in [-0.2, -0.15) is 0 Å². The third kappa shape index (κ3) is 3.69. The molecule has 29 heavy (non-hydrogen) atoms. The number of carbonyl (C=O) groups is 1. The van der Waals surface area contributed by atoms with E-state index >= 15 is 0 Å². The van der Waals surface area contributed by atoms with Crippen molar-refractivity contribution in [2.24, 2.45) is 10.9 Å². The van der Waals surface area contributed by atoms with Gasteiger partial charge in [0.1, 0.15) is 11.4 Å². The van der Waals surface area contributed by atoms with Gasteiger partial charge >= 0.3 is 5.97 Å². The molecule has 2 aromatic carbocycles. The molecule has 0 bridgehead atoms. The Hall–Kier alpha value is -2.95. The van der Waals surface area contributed by atoms with Crippen LogP contribution in [0.5, 0.6) is 0 Å². The molecule has 150 valence electrons. The van der Waals surface area contributed by atoms with Gasteiger partial charge < -0.3 is 9.52 Å². The number of hydrogen-bond donors (Lipinski definition) is 1. The molecule has 1 aliphatic rings.